The first-order chi connectivity index (χ1) is 14.6. The molecule has 4 aromatic rings. The molecule has 5 rings (SSSR count). The van der Waals surface area contributed by atoms with Gasteiger partial charge < -0.3 is 29.9 Å². The maximum Gasteiger partial charge on any atom is 0.229 e. The summed E-state index contributed by atoms with van der Waals surface area (Å²) in [7, 11) is 0. The van der Waals surface area contributed by atoms with Gasteiger partial charge in [-0.25, -0.2) is 0 Å². The molecule has 0 bridgehead atoms. The summed E-state index contributed by atoms with van der Waals surface area (Å²) < 4.78 is 11.4. The predicted octanol–water partition coefficient (Wildman–Crippen LogP) is 2.79. The first kappa shape index (κ1) is 20.8. The van der Waals surface area contributed by atoms with Crippen LogP contribution in [-0.2, 0) is 4.74 Å². The number of hydrogen-bond donors (Lipinski definition) is 4. The van der Waals surface area contributed by atoms with E-state index < -0.39 is 37.3 Å². The Hall–Kier alpha value is -2.48. The average Bonchev–Trinajstić information content (AvgIpc) is 2.80. The summed E-state index contributed by atoms with van der Waals surface area (Å²) >= 11 is 0. The average molecular weight is 410 g/mol. The van der Waals surface area contributed by atoms with Gasteiger partial charge >= 0.3 is 0 Å². The molecule has 2 unspecified atom stereocenters. The minimum absolute atomic E-state index is 0.495. The Balaban J connectivity index is 0.00000106. The van der Waals surface area contributed by atoms with E-state index in [2.05, 4.69) is 24.3 Å². The molecule has 1 saturated heterocycles. The van der Waals surface area contributed by atoms with Gasteiger partial charge in [-0.2, -0.15) is 0 Å². The molecule has 1 fully saturated rings. The third-order valence-electron chi connectivity index (χ3n) is 5.58. The number of ether oxygens (including phenoxy) is 2. The van der Waals surface area contributed by atoms with Crippen LogP contribution in [-0.4, -0.2) is 57.7 Å². The fraction of sp³-hybridized carbons (Fsp3) is 0.333. The molecule has 0 spiro atoms. The van der Waals surface area contributed by atoms with Crippen LogP contribution in [0, 0.1) is 0 Å². The Morgan fingerprint density at radius 3 is 2.03 bits per heavy atom. The minimum atomic E-state index is -1.48. The Labute approximate surface area is 174 Å². The van der Waals surface area contributed by atoms with E-state index in [0.29, 0.717) is 5.75 Å². The van der Waals surface area contributed by atoms with Crippen LogP contribution in [0.15, 0.2) is 54.6 Å². The highest BCUT2D eigenvalue weighted by Crippen LogP contribution is 2.39. The van der Waals surface area contributed by atoms with Crippen LogP contribution in [0.3, 0.4) is 0 Å². The fourth-order valence-electron chi connectivity index (χ4n) is 4.10. The highest BCUT2D eigenvalue weighted by atomic mass is 16.7. The molecule has 158 valence electrons. The zero-order valence-corrected chi connectivity index (χ0v) is 16.9. The summed E-state index contributed by atoms with van der Waals surface area (Å²) in [6.45, 7) is 3.50. The number of aliphatic hydroxyl groups excluding tert-OH is 4. The maximum absolute atomic E-state index is 10.3. The molecule has 30 heavy (non-hydrogen) atoms. The quantitative estimate of drug-likeness (QED) is 0.388. The second-order valence-electron chi connectivity index (χ2n) is 7.23. The van der Waals surface area contributed by atoms with Crippen molar-refractivity contribution in [3.05, 3.63) is 54.6 Å². The van der Waals surface area contributed by atoms with Crippen LogP contribution in [0.25, 0.3) is 32.3 Å². The van der Waals surface area contributed by atoms with Gasteiger partial charge in [0.05, 0.1) is 6.61 Å². The number of benzene rings is 4. The van der Waals surface area contributed by atoms with Crippen molar-refractivity contribution in [2.24, 2.45) is 0 Å². The molecule has 4 aromatic carbocycles. The van der Waals surface area contributed by atoms with Gasteiger partial charge in [0, 0.05) is 10.8 Å². The molecule has 0 amide bonds. The first-order valence-electron chi connectivity index (χ1n) is 10.2. The number of aliphatic hydroxyl groups is 4. The van der Waals surface area contributed by atoms with Crippen LogP contribution < -0.4 is 4.74 Å². The van der Waals surface area contributed by atoms with Crippen molar-refractivity contribution in [1.82, 2.24) is 0 Å². The minimum Gasteiger partial charge on any atom is -0.461 e. The van der Waals surface area contributed by atoms with Crippen molar-refractivity contribution < 1.29 is 29.9 Å². The lowest BCUT2D eigenvalue weighted by Gasteiger charge is -2.39. The summed E-state index contributed by atoms with van der Waals surface area (Å²) in [5.41, 5.74) is 0. The van der Waals surface area contributed by atoms with Crippen LogP contribution in [0.5, 0.6) is 5.75 Å². The summed E-state index contributed by atoms with van der Waals surface area (Å²) in [4.78, 5) is 0. The van der Waals surface area contributed by atoms with Gasteiger partial charge in [0.1, 0.15) is 30.2 Å². The molecule has 1 aliphatic rings. The molecule has 0 saturated carbocycles. The highest BCUT2D eigenvalue weighted by Gasteiger charge is 2.44. The summed E-state index contributed by atoms with van der Waals surface area (Å²) in [5, 5.41) is 46.0. The van der Waals surface area contributed by atoms with Crippen molar-refractivity contribution in [3.8, 4) is 5.75 Å². The molecule has 6 nitrogen and oxygen atoms in total. The van der Waals surface area contributed by atoms with Gasteiger partial charge in [0.15, 0.2) is 0 Å². The lowest BCUT2D eigenvalue weighted by atomic mass is 9.94. The monoisotopic (exact) mass is 410 g/mol. The molecule has 1 aliphatic heterocycles. The Bertz CT molecular complexity index is 1120. The predicted molar refractivity (Wildman–Crippen MR) is 116 cm³/mol. The fourth-order valence-corrected chi connectivity index (χ4v) is 4.10. The van der Waals surface area contributed by atoms with Crippen molar-refractivity contribution >= 4 is 32.3 Å². The molecule has 4 N–H and O–H groups in total. The van der Waals surface area contributed by atoms with Crippen LogP contribution in [0.1, 0.15) is 13.8 Å². The van der Waals surface area contributed by atoms with Gasteiger partial charge in [0.25, 0.3) is 0 Å². The normalized spacial score (nSPS) is 26.7. The van der Waals surface area contributed by atoms with E-state index in [1.807, 2.05) is 38.1 Å². The van der Waals surface area contributed by atoms with Crippen molar-refractivity contribution in [3.63, 3.8) is 0 Å². The molecular weight excluding hydrogens is 384 g/mol. The van der Waals surface area contributed by atoms with Crippen LogP contribution >= 0.6 is 0 Å². The Kier molecular flexibility index (Phi) is 5.77. The number of hydrogen-bond acceptors (Lipinski definition) is 6. The van der Waals surface area contributed by atoms with E-state index in [-0.39, 0.29) is 0 Å². The smallest absolute Gasteiger partial charge is 0.229 e. The SMILES string of the molecule is CC.OC[C@H]1O[C@@H](Oc2ccc3ccc4cccc5ccc2c3c45)[C@H](O)C(O)C1O. The third kappa shape index (κ3) is 3.27. The van der Waals surface area contributed by atoms with E-state index >= 15 is 0 Å². The highest BCUT2D eigenvalue weighted by molar-refractivity contribution is 6.24. The molecule has 0 radical (unpaired) electrons. The van der Waals surface area contributed by atoms with Crippen LogP contribution in [0.4, 0.5) is 0 Å². The Morgan fingerprint density at radius 2 is 1.37 bits per heavy atom. The van der Waals surface area contributed by atoms with E-state index in [1.54, 1.807) is 6.07 Å². The molecular formula is C24H26O6. The van der Waals surface area contributed by atoms with E-state index in [4.69, 9.17) is 9.47 Å². The lowest BCUT2D eigenvalue weighted by molar-refractivity contribution is -0.277. The standard InChI is InChI=1S/C22H20O6.C2H6/c23-10-16-19(24)20(25)21(26)22(28-16)27-15-9-7-13-5-4-11-2-1-3-12-6-8-14(15)18(13)17(11)12;1-2/h1-9,16,19-26H,10H2;1-2H3/t16-,19?,20?,21-,22-;/m1./s1. The van der Waals surface area contributed by atoms with Crippen LogP contribution in [0.2, 0.25) is 0 Å². The second-order valence-corrected chi connectivity index (χ2v) is 7.23. The van der Waals surface area contributed by atoms with Gasteiger partial charge in [-0.3, -0.25) is 0 Å². The molecule has 0 aromatic heterocycles. The van der Waals surface area contributed by atoms with Crippen molar-refractivity contribution in [2.45, 2.75) is 44.6 Å². The summed E-state index contributed by atoms with van der Waals surface area (Å²) in [5.74, 6) is 0.495. The molecule has 1 heterocycles. The van der Waals surface area contributed by atoms with Gasteiger partial charge in [-0.05, 0) is 33.7 Å². The summed E-state index contributed by atoms with van der Waals surface area (Å²) in [6, 6.07) is 18.0. The number of rotatable bonds is 3. The first-order valence-corrected chi connectivity index (χ1v) is 10.2. The lowest BCUT2D eigenvalue weighted by Crippen LogP contribution is -2.60. The third-order valence-corrected chi connectivity index (χ3v) is 5.58. The van der Waals surface area contributed by atoms with E-state index in [9.17, 15) is 20.4 Å². The Morgan fingerprint density at radius 1 is 0.767 bits per heavy atom. The van der Waals surface area contributed by atoms with E-state index in [1.165, 1.54) is 0 Å². The summed E-state index contributed by atoms with van der Waals surface area (Å²) in [6.07, 6.45) is -6.56. The molecule has 5 atom stereocenters. The van der Waals surface area contributed by atoms with E-state index in [0.717, 1.165) is 32.3 Å². The largest absolute Gasteiger partial charge is 0.461 e. The molecule has 0 aliphatic carbocycles. The second kappa shape index (κ2) is 8.34. The van der Waals surface area contributed by atoms with Crippen molar-refractivity contribution in [2.75, 3.05) is 6.61 Å². The topological polar surface area (TPSA) is 99.4 Å². The maximum atomic E-state index is 10.3. The zero-order valence-electron chi connectivity index (χ0n) is 16.9. The zero-order chi connectivity index (χ0) is 21.4. The van der Waals surface area contributed by atoms with Gasteiger partial charge in [-0.1, -0.05) is 56.3 Å². The van der Waals surface area contributed by atoms with Gasteiger partial charge in [0.2, 0.25) is 6.29 Å². The van der Waals surface area contributed by atoms with Gasteiger partial charge in [-0.15, -0.1) is 0 Å². The molecule has 6 heteroatoms. The van der Waals surface area contributed by atoms with Crippen molar-refractivity contribution in [1.29, 1.82) is 0 Å².